The van der Waals surface area contributed by atoms with Gasteiger partial charge in [0.1, 0.15) is 0 Å². The van der Waals surface area contributed by atoms with Crippen LogP contribution in [0.5, 0.6) is 0 Å². The zero-order valence-electron chi connectivity index (χ0n) is 11.4. The Labute approximate surface area is 139 Å². The van der Waals surface area contributed by atoms with Crippen molar-refractivity contribution in [3.8, 4) is 0 Å². The summed E-state index contributed by atoms with van der Waals surface area (Å²) in [4.78, 5) is 26.4. The number of non-ortho nitro benzene ring substituents is 1. The van der Waals surface area contributed by atoms with E-state index >= 15 is 0 Å². The van der Waals surface area contributed by atoms with Crippen LogP contribution in [0.1, 0.15) is 0 Å². The van der Waals surface area contributed by atoms with E-state index in [1.165, 1.54) is 12.1 Å². The van der Waals surface area contributed by atoms with Gasteiger partial charge in [0.15, 0.2) is 5.13 Å². The molecule has 0 fully saturated rings. The van der Waals surface area contributed by atoms with E-state index in [2.05, 4.69) is 15.6 Å². The SMILES string of the molecule is O=C(Nc1ccc(Cl)cc1)Nc1nc2ccc([N+](=O)[O-])cc2s1. The number of hydrogen-bond acceptors (Lipinski definition) is 5. The monoisotopic (exact) mass is 348 g/mol. The van der Waals surface area contributed by atoms with Crippen LogP contribution in [-0.2, 0) is 0 Å². The minimum atomic E-state index is -0.473. The Morgan fingerprint density at radius 1 is 1.17 bits per heavy atom. The number of carbonyl (C=O) groups excluding carboxylic acids is 1. The van der Waals surface area contributed by atoms with Crippen LogP contribution in [0.25, 0.3) is 10.2 Å². The number of aromatic nitrogens is 1. The van der Waals surface area contributed by atoms with Gasteiger partial charge < -0.3 is 5.32 Å². The Morgan fingerprint density at radius 3 is 2.61 bits per heavy atom. The molecule has 1 heterocycles. The van der Waals surface area contributed by atoms with Crippen LogP contribution in [-0.4, -0.2) is 15.9 Å². The standard InChI is InChI=1S/C14H9ClN4O3S/c15-8-1-3-9(4-2-8)16-13(20)18-14-17-11-6-5-10(19(21)22)7-12(11)23-14/h1-7H,(H2,16,17,18,20). The van der Waals surface area contributed by atoms with E-state index in [1.807, 2.05) is 0 Å². The number of nitrogens with one attached hydrogen (secondary N) is 2. The molecule has 0 radical (unpaired) electrons. The van der Waals surface area contributed by atoms with Crippen molar-refractivity contribution < 1.29 is 9.72 Å². The van der Waals surface area contributed by atoms with Crippen LogP contribution < -0.4 is 10.6 Å². The molecule has 9 heteroatoms. The maximum atomic E-state index is 11.9. The van der Waals surface area contributed by atoms with Gasteiger partial charge in [-0.05, 0) is 30.3 Å². The van der Waals surface area contributed by atoms with Crippen LogP contribution in [0.3, 0.4) is 0 Å². The second-order valence-corrected chi connectivity index (χ2v) is 5.98. The summed E-state index contributed by atoms with van der Waals surface area (Å²) in [6.07, 6.45) is 0. The van der Waals surface area contributed by atoms with Gasteiger partial charge in [-0.25, -0.2) is 9.78 Å². The molecular weight excluding hydrogens is 340 g/mol. The lowest BCUT2D eigenvalue weighted by Gasteiger charge is -2.04. The van der Waals surface area contributed by atoms with E-state index in [1.54, 1.807) is 30.3 Å². The lowest BCUT2D eigenvalue weighted by atomic mass is 10.3. The van der Waals surface area contributed by atoms with Gasteiger partial charge in [0.25, 0.3) is 5.69 Å². The molecule has 3 aromatic rings. The zero-order chi connectivity index (χ0) is 16.4. The number of anilines is 2. The molecular formula is C14H9ClN4O3S. The number of benzene rings is 2. The van der Waals surface area contributed by atoms with E-state index in [4.69, 9.17) is 11.6 Å². The van der Waals surface area contributed by atoms with Crippen molar-refractivity contribution in [3.05, 3.63) is 57.6 Å². The number of nitro groups is 1. The molecule has 116 valence electrons. The van der Waals surface area contributed by atoms with Crippen molar-refractivity contribution >= 4 is 55.7 Å². The smallest absolute Gasteiger partial charge is 0.308 e. The molecule has 1 aromatic heterocycles. The van der Waals surface area contributed by atoms with Gasteiger partial charge in [0.2, 0.25) is 0 Å². The Balaban J connectivity index is 1.74. The summed E-state index contributed by atoms with van der Waals surface area (Å²) in [5.74, 6) is 0. The fraction of sp³-hybridized carbons (Fsp3) is 0. The lowest BCUT2D eigenvalue weighted by Crippen LogP contribution is -2.19. The number of nitrogens with zero attached hydrogens (tertiary/aromatic N) is 2. The van der Waals surface area contributed by atoms with E-state index in [9.17, 15) is 14.9 Å². The predicted molar refractivity (Wildman–Crippen MR) is 90.4 cm³/mol. The second-order valence-electron chi connectivity index (χ2n) is 4.51. The molecule has 0 aliphatic heterocycles. The van der Waals surface area contributed by atoms with Crippen molar-refractivity contribution in [2.45, 2.75) is 0 Å². The molecule has 0 atom stereocenters. The predicted octanol–water partition coefficient (Wildman–Crippen LogP) is 4.50. The average molecular weight is 349 g/mol. The molecule has 0 saturated heterocycles. The van der Waals surface area contributed by atoms with Gasteiger partial charge in [-0.2, -0.15) is 0 Å². The summed E-state index contributed by atoms with van der Waals surface area (Å²) < 4.78 is 0.626. The summed E-state index contributed by atoms with van der Waals surface area (Å²) in [5, 5.41) is 16.9. The molecule has 23 heavy (non-hydrogen) atoms. The largest absolute Gasteiger partial charge is 0.325 e. The summed E-state index contributed by atoms with van der Waals surface area (Å²) in [5.41, 5.74) is 1.16. The highest BCUT2D eigenvalue weighted by Gasteiger charge is 2.12. The van der Waals surface area contributed by atoms with Gasteiger partial charge >= 0.3 is 6.03 Å². The molecule has 0 unspecified atom stereocenters. The van der Waals surface area contributed by atoms with Crippen LogP contribution in [0.4, 0.5) is 21.3 Å². The van der Waals surface area contributed by atoms with Crippen LogP contribution in [0.2, 0.25) is 5.02 Å². The Kier molecular flexibility index (Phi) is 4.09. The number of amides is 2. The molecule has 0 saturated carbocycles. The van der Waals surface area contributed by atoms with Crippen molar-refractivity contribution in [1.29, 1.82) is 0 Å². The topological polar surface area (TPSA) is 97.2 Å². The first kappa shape index (κ1) is 15.2. The number of fused-ring (bicyclic) bond motifs is 1. The minimum Gasteiger partial charge on any atom is -0.308 e. The summed E-state index contributed by atoms with van der Waals surface area (Å²) in [7, 11) is 0. The first-order valence-electron chi connectivity index (χ1n) is 6.40. The second kappa shape index (κ2) is 6.19. The highest BCUT2D eigenvalue weighted by atomic mass is 35.5. The first-order valence-corrected chi connectivity index (χ1v) is 7.59. The van der Waals surface area contributed by atoms with Gasteiger partial charge in [0, 0.05) is 22.8 Å². The number of hydrogen-bond donors (Lipinski definition) is 2. The van der Waals surface area contributed by atoms with Crippen molar-refractivity contribution in [2.24, 2.45) is 0 Å². The number of halogens is 1. The molecule has 0 bridgehead atoms. The molecule has 2 N–H and O–H groups in total. The molecule has 2 amide bonds. The fourth-order valence-electron chi connectivity index (χ4n) is 1.87. The van der Waals surface area contributed by atoms with Crippen LogP contribution in [0, 0.1) is 10.1 Å². The van der Waals surface area contributed by atoms with Crippen LogP contribution in [0.15, 0.2) is 42.5 Å². The maximum Gasteiger partial charge on any atom is 0.325 e. The average Bonchev–Trinajstić information content (AvgIpc) is 2.90. The van der Waals surface area contributed by atoms with E-state index in [0.717, 1.165) is 11.3 Å². The number of rotatable bonds is 3. The van der Waals surface area contributed by atoms with Crippen LogP contribution >= 0.6 is 22.9 Å². The fourth-order valence-corrected chi connectivity index (χ4v) is 2.89. The summed E-state index contributed by atoms with van der Waals surface area (Å²) >= 11 is 6.94. The quantitative estimate of drug-likeness (QED) is 0.537. The molecule has 3 rings (SSSR count). The Morgan fingerprint density at radius 2 is 1.91 bits per heavy atom. The van der Waals surface area contributed by atoms with E-state index in [-0.39, 0.29) is 5.69 Å². The summed E-state index contributed by atoms with van der Waals surface area (Å²) in [6, 6.07) is 10.6. The van der Waals surface area contributed by atoms with Gasteiger partial charge in [-0.3, -0.25) is 15.4 Å². The van der Waals surface area contributed by atoms with Crippen molar-refractivity contribution in [1.82, 2.24) is 4.98 Å². The first-order chi connectivity index (χ1) is 11.0. The Hall–Kier alpha value is -2.71. The Bertz CT molecular complexity index is 895. The number of carbonyl (C=O) groups is 1. The summed E-state index contributed by atoms with van der Waals surface area (Å²) in [6.45, 7) is 0. The van der Waals surface area contributed by atoms with E-state index in [0.29, 0.717) is 26.1 Å². The molecule has 7 nitrogen and oxygen atoms in total. The van der Waals surface area contributed by atoms with Gasteiger partial charge in [0.05, 0.1) is 15.1 Å². The normalized spacial score (nSPS) is 10.5. The number of nitro benzene ring substituents is 1. The van der Waals surface area contributed by atoms with E-state index < -0.39 is 11.0 Å². The van der Waals surface area contributed by atoms with Gasteiger partial charge in [-0.15, -0.1) is 0 Å². The van der Waals surface area contributed by atoms with Crippen molar-refractivity contribution in [3.63, 3.8) is 0 Å². The highest BCUT2D eigenvalue weighted by Crippen LogP contribution is 2.29. The maximum absolute atomic E-state index is 11.9. The lowest BCUT2D eigenvalue weighted by molar-refractivity contribution is -0.384. The number of thiazole rings is 1. The van der Waals surface area contributed by atoms with Crippen molar-refractivity contribution in [2.75, 3.05) is 10.6 Å². The number of urea groups is 1. The third-order valence-electron chi connectivity index (χ3n) is 2.91. The molecule has 0 spiro atoms. The third kappa shape index (κ3) is 3.55. The third-order valence-corrected chi connectivity index (χ3v) is 4.09. The molecule has 0 aliphatic rings. The minimum absolute atomic E-state index is 0.0154. The molecule has 2 aromatic carbocycles. The zero-order valence-corrected chi connectivity index (χ0v) is 13.0. The highest BCUT2D eigenvalue weighted by molar-refractivity contribution is 7.22. The van der Waals surface area contributed by atoms with Gasteiger partial charge in [-0.1, -0.05) is 22.9 Å². The molecule has 0 aliphatic carbocycles.